The number of aryl methyl sites for hydroxylation is 2. The lowest BCUT2D eigenvalue weighted by Gasteiger charge is -2.18. The zero-order valence-electron chi connectivity index (χ0n) is 11.3. The molecule has 18 heavy (non-hydrogen) atoms. The molecule has 4 heteroatoms. The van der Waals surface area contributed by atoms with Crippen molar-refractivity contribution in [1.82, 2.24) is 15.1 Å². The molecular weight excluding hydrogens is 226 g/mol. The van der Waals surface area contributed by atoms with Crippen molar-refractivity contribution in [2.24, 2.45) is 7.05 Å². The molecule has 4 nitrogen and oxygen atoms in total. The van der Waals surface area contributed by atoms with E-state index in [0.717, 1.165) is 16.9 Å². The minimum atomic E-state index is 0.0912. The van der Waals surface area contributed by atoms with Crippen LogP contribution in [0, 0.1) is 6.92 Å². The summed E-state index contributed by atoms with van der Waals surface area (Å²) < 4.78 is 7.25. The highest BCUT2D eigenvalue weighted by atomic mass is 16.5. The molecule has 0 saturated heterocycles. The molecule has 2 aromatic rings. The Kier molecular flexibility index (Phi) is 3.67. The van der Waals surface area contributed by atoms with Gasteiger partial charge in [-0.3, -0.25) is 4.68 Å². The summed E-state index contributed by atoms with van der Waals surface area (Å²) in [5.74, 6) is 0.892. The van der Waals surface area contributed by atoms with E-state index in [1.165, 1.54) is 5.56 Å². The van der Waals surface area contributed by atoms with Crippen molar-refractivity contribution in [3.05, 3.63) is 47.3 Å². The second-order valence-electron chi connectivity index (χ2n) is 4.41. The first-order valence-corrected chi connectivity index (χ1v) is 5.96. The number of nitrogens with one attached hydrogen (secondary N) is 1. The fourth-order valence-electron chi connectivity index (χ4n) is 2.17. The third-order valence-corrected chi connectivity index (χ3v) is 3.04. The third-order valence-electron chi connectivity index (χ3n) is 3.04. The van der Waals surface area contributed by atoms with Gasteiger partial charge in [0.15, 0.2) is 0 Å². The van der Waals surface area contributed by atoms with Gasteiger partial charge in [0.05, 0.1) is 19.3 Å². The van der Waals surface area contributed by atoms with Crippen molar-refractivity contribution in [2.45, 2.75) is 13.0 Å². The van der Waals surface area contributed by atoms with E-state index in [1.807, 2.05) is 37.2 Å². The first-order chi connectivity index (χ1) is 8.65. The highest BCUT2D eigenvalue weighted by molar-refractivity contribution is 5.43. The van der Waals surface area contributed by atoms with Gasteiger partial charge in [-0.1, -0.05) is 17.7 Å². The first kappa shape index (κ1) is 12.6. The predicted molar refractivity (Wildman–Crippen MR) is 71.8 cm³/mol. The van der Waals surface area contributed by atoms with Crippen LogP contribution in [0.5, 0.6) is 5.75 Å². The van der Waals surface area contributed by atoms with E-state index < -0.39 is 0 Å². The van der Waals surface area contributed by atoms with Crippen LogP contribution >= 0.6 is 0 Å². The Morgan fingerprint density at radius 3 is 2.72 bits per heavy atom. The smallest absolute Gasteiger partial charge is 0.124 e. The number of hydrogen-bond acceptors (Lipinski definition) is 3. The molecule has 0 aliphatic carbocycles. The fraction of sp³-hybridized carbons (Fsp3) is 0.357. The summed E-state index contributed by atoms with van der Waals surface area (Å²) in [7, 11) is 5.56. The van der Waals surface area contributed by atoms with Gasteiger partial charge in [-0.2, -0.15) is 5.10 Å². The fourth-order valence-corrected chi connectivity index (χ4v) is 2.17. The van der Waals surface area contributed by atoms with Gasteiger partial charge in [0.25, 0.3) is 0 Å². The van der Waals surface area contributed by atoms with Crippen molar-refractivity contribution in [2.75, 3.05) is 14.2 Å². The molecule has 0 aliphatic rings. The normalized spacial score (nSPS) is 12.4. The molecule has 2 rings (SSSR count). The number of benzene rings is 1. The molecule has 0 radical (unpaired) electrons. The number of nitrogens with zero attached hydrogens (tertiary/aromatic N) is 2. The molecule has 96 valence electrons. The molecule has 1 aromatic heterocycles. The molecule has 1 heterocycles. The Hall–Kier alpha value is -1.81. The summed E-state index contributed by atoms with van der Waals surface area (Å²) in [5, 5.41) is 7.54. The Labute approximate surface area is 108 Å². The summed E-state index contributed by atoms with van der Waals surface area (Å²) >= 11 is 0. The third kappa shape index (κ3) is 2.38. The van der Waals surface area contributed by atoms with E-state index >= 15 is 0 Å². The largest absolute Gasteiger partial charge is 0.496 e. The van der Waals surface area contributed by atoms with Crippen LogP contribution in [-0.2, 0) is 7.05 Å². The van der Waals surface area contributed by atoms with E-state index in [-0.39, 0.29) is 6.04 Å². The summed E-state index contributed by atoms with van der Waals surface area (Å²) in [6.45, 7) is 2.08. The summed E-state index contributed by atoms with van der Waals surface area (Å²) in [6.07, 6.45) is 3.89. The van der Waals surface area contributed by atoms with Crippen LogP contribution in [0.3, 0.4) is 0 Å². The van der Waals surface area contributed by atoms with Crippen LogP contribution in [0.1, 0.15) is 22.7 Å². The maximum Gasteiger partial charge on any atom is 0.124 e. The molecular formula is C14H19N3O. The van der Waals surface area contributed by atoms with Gasteiger partial charge in [0.1, 0.15) is 5.75 Å². The molecule has 0 amide bonds. The number of hydrogen-bond donors (Lipinski definition) is 1. The summed E-state index contributed by atoms with van der Waals surface area (Å²) in [5.41, 5.74) is 3.48. The van der Waals surface area contributed by atoms with Gasteiger partial charge in [0.2, 0.25) is 0 Å². The quantitative estimate of drug-likeness (QED) is 0.896. The van der Waals surface area contributed by atoms with E-state index in [4.69, 9.17) is 4.74 Å². The number of ether oxygens (including phenoxy) is 1. The molecule has 1 unspecified atom stereocenters. The molecule has 0 aliphatic heterocycles. The van der Waals surface area contributed by atoms with Crippen LogP contribution in [0.2, 0.25) is 0 Å². The van der Waals surface area contributed by atoms with Crippen molar-refractivity contribution in [3.8, 4) is 5.75 Å². The molecule has 0 spiro atoms. The van der Waals surface area contributed by atoms with Gasteiger partial charge < -0.3 is 10.1 Å². The Bertz CT molecular complexity index is 534. The van der Waals surface area contributed by atoms with Crippen molar-refractivity contribution >= 4 is 0 Å². The van der Waals surface area contributed by atoms with Crippen molar-refractivity contribution in [1.29, 1.82) is 0 Å². The molecule has 0 bridgehead atoms. The van der Waals surface area contributed by atoms with Gasteiger partial charge >= 0.3 is 0 Å². The number of aromatic nitrogens is 2. The van der Waals surface area contributed by atoms with E-state index in [0.29, 0.717) is 0 Å². The zero-order valence-corrected chi connectivity index (χ0v) is 11.3. The molecule has 1 aromatic carbocycles. The maximum atomic E-state index is 5.44. The molecule has 1 atom stereocenters. The Morgan fingerprint density at radius 2 is 2.17 bits per heavy atom. The lowest BCUT2D eigenvalue weighted by molar-refractivity contribution is 0.405. The van der Waals surface area contributed by atoms with Crippen molar-refractivity contribution in [3.63, 3.8) is 0 Å². The van der Waals surface area contributed by atoms with E-state index in [9.17, 15) is 0 Å². The highest BCUT2D eigenvalue weighted by Gasteiger charge is 2.17. The van der Waals surface area contributed by atoms with Crippen LogP contribution < -0.4 is 10.1 Å². The zero-order chi connectivity index (χ0) is 13.1. The van der Waals surface area contributed by atoms with Gasteiger partial charge in [-0.05, 0) is 20.0 Å². The lowest BCUT2D eigenvalue weighted by atomic mass is 9.99. The average Bonchev–Trinajstić information content (AvgIpc) is 2.77. The standard InChI is InChI=1S/C14H19N3O/c1-10-5-6-13(18-4)12(7-10)14(15-2)11-8-16-17(3)9-11/h5-9,14-15H,1-4H3. The minimum absolute atomic E-state index is 0.0912. The lowest BCUT2D eigenvalue weighted by Crippen LogP contribution is -2.18. The number of methoxy groups -OCH3 is 1. The highest BCUT2D eigenvalue weighted by Crippen LogP contribution is 2.30. The van der Waals surface area contributed by atoms with Gasteiger partial charge in [-0.15, -0.1) is 0 Å². The average molecular weight is 245 g/mol. The second-order valence-corrected chi connectivity index (χ2v) is 4.41. The van der Waals surface area contributed by atoms with E-state index in [1.54, 1.807) is 7.11 Å². The van der Waals surface area contributed by atoms with Crippen LogP contribution in [0.15, 0.2) is 30.6 Å². The topological polar surface area (TPSA) is 39.1 Å². The second kappa shape index (κ2) is 5.23. The summed E-state index contributed by atoms with van der Waals surface area (Å²) in [6, 6.07) is 6.30. The molecule has 1 N–H and O–H groups in total. The monoisotopic (exact) mass is 245 g/mol. The SMILES string of the molecule is CNC(c1cnn(C)c1)c1cc(C)ccc1OC. The van der Waals surface area contributed by atoms with Gasteiger partial charge in [-0.25, -0.2) is 0 Å². The minimum Gasteiger partial charge on any atom is -0.496 e. The van der Waals surface area contributed by atoms with E-state index in [2.05, 4.69) is 29.5 Å². The van der Waals surface area contributed by atoms with Crippen LogP contribution in [-0.4, -0.2) is 23.9 Å². The molecule has 0 fully saturated rings. The van der Waals surface area contributed by atoms with Crippen molar-refractivity contribution < 1.29 is 4.74 Å². The van der Waals surface area contributed by atoms with Crippen LogP contribution in [0.4, 0.5) is 0 Å². The number of rotatable bonds is 4. The Morgan fingerprint density at radius 1 is 1.39 bits per heavy atom. The maximum absolute atomic E-state index is 5.44. The Balaban J connectivity index is 2.47. The first-order valence-electron chi connectivity index (χ1n) is 5.96. The van der Waals surface area contributed by atoms with Gasteiger partial charge in [0, 0.05) is 24.4 Å². The predicted octanol–water partition coefficient (Wildman–Crippen LogP) is 2.05. The molecule has 0 saturated carbocycles. The van der Waals surface area contributed by atoms with Crippen LogP contribution in [0.25, 0.3) is 0 Å². The summed E-state index contributed by atoms with van der Waals surface area (Å²) in [4.78, 5) is 0.